The van der Waals surface area contributed by atoms with Crippen molar-refractivity contribution in [2.75, 3.05) is 14.2 Å². The molecule has 0 bridgehead atoms. The maximum atomic E-state index is 5.21. The zero-order chi connectivity index (χ0) is 24.1. The first-order chi connectivity index (χ1) is 15.2. The summed E-state index contributed by atoms with van der Waals surface area (Å²) in [5.41, 5.74) is 5.36. The molecule has 2 heteroatoms. The molecule has 0 amide bonds. The van der Waals surface area contributed by atoms with E-state index in [9.17, 15) is 0 Å². The van der Waals surface area contributed by atoms with Crippen LogP contribution < -0.4 is 9.47 Å². The lowest BCUT2D eigenvalue weighted by atomic mass is 10.0. The van der Waals surface area contributed by atoms with E-state index in [1.54, 1.807) is 14.2 Å². The number of aryl methyl sites for hydroxylation is 1. The van der Waals surface area contributed by atoms with Crippen molar-refractivity contribution in [2.24, 2.45) is 0 Å². The summed E-state index contributed by atoms with van der Waals surface area (Å²) in [6.45, 7) is 15.2. The first-order valence-electron chi connectivity index (χ1n) is 11.5. The quantitative estimate of drug-likeness (QED) is 0.399. The van der Waals surface area contributed by atoms with E-state index in [4.69, 9.17) is 9.47 Å². The van der Waals surface area contributed by atoms with Gasteiger partial charge in [-0.15, -0.1) is 0 Å². The number of hydrogen-bond donors (Lipinski definition) is 0. The third kappa shape index (κ3) is 9.60. The van der Waals surface area contributed by atoms with E-state index in [1.807, 2.05) is 30.3 Å². The highest BCUT2D eigenvalue weighted by Crippen LogP contribution is 2.25. The van der Waals surface area contributed by atoms with Crippen molar-refractivity contribution < 1.29 is 9.47 Å². The molecule has 32 heavy (non-hydrogen) atoms. The lowest BCUT2D eigenvalue weighted by Crippen LogP contribution is -1.92. The average Bonchev–Trinajstić information content (AvgIpc) is 2.80. The molecule has 3 aromatic carbocycles. The maximum absolute atomic E-state index is 5.21. The second-order valence-corrected chi connectivity index (χ2v) is 8.89. The van der Waals surface area contributed by atoms with Crippen LogP contribution in [0.1, 0.15) is 81.5 Å². The molecule has 0 aliphatic carbocycles. The molecule has 0 N–H and O–H groups in total. The van der Waals surface area contributed by atoms with Crippen LogP contribution in [-0.4, -0.2) is 14.2 Å². The van der Waals surface area contributed by atoms with Gasteiger partial charge < -0.3 is 9.47 Å². The van der Waals surface area contributed by atoms with Crippen LogP contribution in [0, 0.1) is 6.92 Å². The predicted molar refractivity (Wildman–Crippen MR) is 139 cm³/mol. The minimum atomic E-state index is 0.533. The molecule has 0 saturated carbocycles. The second-order valence-electron chi connectivity index (χ2n) is 8.89. The van der Waals surface area contributed by atoms with Crippen molar-refractivity contribution >= 4 is 0 Å². The molecule has 0 spiro atoms. The molecule has 2 nitrogen and oxygen atoms in total. The number of benzene rings is 3. The van der Waals surface area contributed by atoms with E-state index < -0.39 is 0 Å². The van der Waals surface area contributed by atoms with Crippen LogP contribution in [0.2, 0.25) is 0 Å². The smallest absolute Gasteiger partial charge is 0.122 e. The molecule has 0 aliphatic heterocycles. The highest BCUT2D eigenvalue weighted by Gasteiger charge is 2.04. The zero-order valence-corrected chi connectivity index (χ0v) is 21.5. The Morgan fingerprint density at radius 1 is 0.562 bits per heavy atom. The summed E-state index contributed by atoms with van der Waals surface area (Å²) in [5, 5.41) is 0. The lowest BCUT2D eigenvalue weighted by molar-refractivity contribution is 0.407. The van der Waals surface area contributed by atoms with Crippen LogP contribution in [0.5, 0.6) is 11.5 Å². The highest BCUT2D eigenvalue weighted by atomic mass is 16.5. The Balaban J connectivity index is 0.000000240. The summed E-state index contributed by atoms with van der Waals surface area (Å²) in [6, 6.07) is 25.0. The topological polar surface area (TPSA) is 18.5 Å². The third-order valence-electron chi connectivity index (χ3n) is 5.27. The molecule has 0 aromatic heterocycles. The normalized spacial score (nSPS) is 10.2. The lowest BCUT2D eigenvalue weighted by Gasteiger charge is -2.10. The van der Waals surface area contributed by atoms with E-state index in [2.05, 4.69) is 90.9 Å². The van der Waals surface area contributed by atoms with Gasteiger partial charge in [-0.05, 0) is 59.6 Å². The van der Waals surface area contributed by atoms with Crippen LogP contribution in [0.3, 0.4) is 0 Å². The number of methoxy groups -OCH3 is 2. The summed E-state index contributed by atoms with van der Waals surface area (Å²) in [4.78, 5) is 0. The average molecular weight is 435 g/mol. The molecule has 0 radical (unpaired) electrons. The molecule has 0 heterocycles. The molecular formula is C30H42O2. The van der Waals surface area contributed by atoms with Gasteiger partial charge in [0.1, 0.15) is 11.5 Å². The van der Waals surface area contributed by atoms with Crippen molar-refractivity contribution in [2.45, 2.75) is 66.2 Å². The fourth-order valence-corrected chi connectivity index (χ4v) is 3.10. The number of hydrogen-bond acceptors (Lipinski definition) is 2. The van der Waals surface area contributed by atoms with E-state index >= 15 is 0 Å². The molecule has 174 valence electrons. The van der Waals surface area contributed by atoms with Gasteiger partial charge in [-0.2, -0.15) is 0 Å². The number of para-hydroxylation sites is 1. The minimum absolute atomic E-state index is 0.533. The summed E-state index contributed by atoms with van der Waals surface area (Å²) >= 11 is 0. The zero-order valence-electron chi connectivity index (χ0n) is 21.5. The molecule has 3 aromatic rings. The Bertz CT molecular complexity index is 893. The third-order valence-corrected chi connectivity index (χ3v) is 5.27. The Morgan fingerprint density at radius 2 is 1.16 bits per heavy atom. The van der Waals surface area contributed by atoms with Gasteiger partial charge >= 0.3 is 0 Å². The fraction of sp³-hybridized carbons (Fsp3) is 0.400. The van der Waals surface area contributed by atoms with E-state index in [0.717, 1.165) is 11.5 Å². The van der Waals surface area contributed by atoms with E-state index in [1.165, 1.54) is 22.3 Å². The highest BCUT2D eigenvalue weighted by molar-refractivity contribution is 5.35. The van der Waals surface area contributed by atoms with Crippen LogP contribution in [0.4, 0.5) is 0 Å². The minimum Gasteiger partial charge on any atom is -0.497 e. The van der Waals surface area contributed by atoms with Crippen LogP contribution in [0.25, 0.3) is 0 Å². The second kappa shape index (κ2) is 14.3. The Labute approximate surface area is 196 Å². The molecule has 0 aliphatic rings. The Hall–Kier alpha value is -2.74. The molecule has 0 atom stereocenters. The van der Waals surface area contributed by atoms with Crippen LogP contribution >= 0.6 is 0 Å². The van der Waals surface area contributed by atoms with E-state index in [-0.39, 0.29) is 0 Å². The largest absolute Gasteiger partial charge is 0.497 e. The predicted octanol–water partition coefficient (Wildman–Crippen LogP) is 8.76. The van der Waals surface area contributed by atoms with Crippen molar-refractivity contribution in [1.29, 1.82) is 0 Å². The SMILES string of the molecule is COc1cccc(C(C)C)c1.COc1ccccc1C(C)C.Cc1ccc(C(C)C)cc1. The summed E-state index contributed by atoms with van der Waals surface area (Å²) < 4.78 is 10.3. The van der Waals surface area contributed by atoms with Gasteiger partial charge in [0.05, 0.1) is 14.2 Å². The Kier molecular flexibility index (Phi) is 12.2. The molecular weight excluding hydrogens is 392 g/mol. The van der Waals surface area contributed by atoms with Crippen molar-refractivity contribution in [3.8, 4) is 11.5 Å². The maximum Gasteiger partial charge on any atom is 0.122 e. The summed E-state index contributed by atoms with van der Waals surface area (Å²) in [5.74, 6) is 3.69. The van der Waals surface area contributed by atoms with Gasteiger partial charge in [-0.25, -0.2) is 0 Å². The summed E-state index contributed by atoms with van der Waals surface area (Å²) in [7, 11) is 3.40. The number of rotatable bonds is 5. The van der Waals surface area contributed by atoms with Gasteiger partial charge in [0.2, 0.25) is 0 Å². The first kappa shape index (κ1) is 27.3. The Morgan fingerprint density at radius 3 is 1.62 bits per heavy atom. The van der Waals surface area contributed by atoms with Gasteiger partial charge in [-0.3, -0.25) is 0 Å². The first-order valence-corrected chi connectivity index (χ1v) is 11.5. The van der Waals surface area contributed by atoms with E-state index in [0.29, 0.717) is 17.8 Å². The van der Waals surface area contributed by atoms with Gasteiger partial charge in [-0.1, -0.05) is 102 Å². The number of ether oxygens (including phenoxy) is 2. The van der Waals surface area contributed by atoms with Gasteiger partial charge in [0, 0.05) is 0 Å². The molecule has 0 unspecified atom stereocenters. The molecule has 0 fully saturated rings. The van der Waals surface area contributed by atoms with Crippen molar-refractivity contribution in [3.05, 3.63) is 95.1 Å². The van der Waals surface area contributed by atoms with Crippen molar-refractivity contribution in [3.63, 3.8) is 0 Å². The van der Waals surface area contributed by atoms with Crippen LogP contribution in [0.15, 0.2) is 72.8 Å². The molecule has 3 rings (SSSR count). The monoisotopic (exact) mass is 434 g/mol. The van der Waals surface area contributed by atoms with Crippen molar-refractivity contribution in [1.82, 2.24) is 0 Å². The summed E-state index contributed by atoms with van der Waals surface area (Å²) in [6.07, 6.45) is 0. The standard InChI is InChI=1S/2C10H14O.C10H14/c1-8(2)9-5-4-6-10(7-9)11-3;1-8(2)9-6-4-5-7-10(9)11-3;1-8(2)10-6-4-9(3)5-7-10/h2*4-8H,1-3H3;4-8H,1-3H3. The fourth-order valence-electron chi connectivity index (χ4n) is 3.10. The van der Waals surface area contributed by atoms with Crippen LogP contribution in [-0.2, 0) is 0 Å². The van der Waals surface area contributed by atoms with Gasteiger partial charge in [0.25, 0.3) is 0 Å². The molecule has 0 saturated heterocycles. The van der Waals surface area contributed by atoms with Gasteiger partial charge in [0.15, 0.2) is 0 Å².